The summed E-state index contributed by atoms with van der Waals surface area (Å²) >= 11 is 0. The molecule has 5 heteroatoms. The van der Waals surface area contributed by atoms with Crippen LogP contribution in [-0.2, 0) is 14.3 Å². The van der Waals surface area contributed by atoms with E-state index in [9.17, 15) is 9.59 Å². The van der Waals surface area contributed by atoms with Crippen LogP contribution in [0.5, 0.6) is 0 Å². The lowest BCUT2D eigenvalue weighted by atomic mass is 9.88. The van der Waals surface area contributed by atoms with Gasteiger partial charge in [-0.3, -0.25) is 9.59 Å². The molecule has 0 aliphatic rings. The minimum atomic E-state index is -0.919. The molecule has 0 radical (unpaired) electrons. The Labute approximate surface area is 103 Å². The number of carboxylic acids is 1. The van der Waals surface area contributed by atoms with E-state index in [1.54, 1.807) is 13.8 Å². The third kappa shape index (κ3) is 6.26. The average molecular weight is 245 g/mol. The number of hydrogen-bond acceptors (Lipinski definition) is 3. The highest BCUT2D eigenvalue weighted by Crippen LogP contribution is 2.19. The second-order valence-corrected chi connectivity index (χ2v) is 5.40. The number of hydrogen-bond donors (Lipinski definition) is 2. The van der Waals surface area contributed by atoms with Gasteiger partial charge in [-0.15, -0.1) is 0 Å². The molecular weight excluding hydrogens is 222 g/mol. The van der Waals surface area contributed by atoms with Gasteiger partial charge in [-0.2, -0.15) is 0 Å². The molecule has 1 amide bonds. The molecule has 0 spiro atoms. The highest BCUT2D eigenvalue weighted by Gasteiger charge is 2.31. The molecular formula is C12H23NO4. The van der Waals surface area contributed by atoms with Crippen molar-refractivity contribution in [3.05, 3.63) is 0 Å². The summed E-state index contributed by atoms with van der Waals surface area (Å²) in [4.78, 5) is 22.4. The van der Waals surface area contributed by atoms with E-state index < -0.39 is 11.4 Å². The number of rotatable bonds is 6. The number of carbonyl (C=O) groups is 2. The Bertz CT molecular complexity index is 283. The first-order chi connectivity index (χ1) is 7.60. The molecule has 0 rings (SSSR count). The van der Waals surface area contributed by atoms with Crippen LogP contribution in [0, 0.1) is 5.41 Å². The lowest BCUT2D eigenvalue weighted by molar-refractivity contribution is -0.148. The zero-order valence-corrected chi connectivity index (χ0v) is 11.3. The van der Waals surface area contributed by atoms with Crippen LogP contribution in [0.3, 0.4) is 0 Å². The van der Waals surface area contributed by atoms with E-state index in [-0.39, 0.29) is 24.7 Å². The summed E-state index contributed by atoms with van der Waals surface area (Å²) in [6.45, 7) is 9.02. The molecule has 0 bridgehead atoms. The van der Waals surface area contributed by atoms with Crippen LogP contribution >= 0.6 is 0 Å². The maximum absolute atomic E-state index is 11.4. The lowest BCUT2D eigenvalue weighted by Gasteiger charge is -2.24. The smallest absolute Gasteiger partial charge is 0.311 e. The number of carbonyl (C=O) groups excluding carboxylic acids is 1. The van der Waals surface area contributed by atoms with Gasteiger partial charge in [-0.1, -0.05) is 6.92 Å². The fourth-order valence-electron chi connectivity index (χ4n) is 0.979. The molecule has 0 aliphatic carbocycles. The van der Waals surface area contributed by atoms with Gasteiger partial charge in [0.05, 0.1) is 11.0 Å². The van der Waals surface area contributed by atoms with Crippen molar-refractivity contribution < 1.29 is 19.4 Å². The van der Waals surface area contributed by atoms with E-state index in [2.05, 4.69) is 5.32 Å². The first kappa shape index (κ1) is 15.9. The molecule has 0 saturated carbocycles. The van der Waals surface area contributed by atoms with Crippen molar-refractivity contribution in [2.45, 2.75) is 46.6 Å². The van der Waals surface area contributed by atoms with E-state index in [1.807, 2.05) is 20.8 Å². The third-order valence-electron chi connectivity index (χ3n) is 2.61. The number of nitrogens with one attached hydrogen (secondary N) is 1. The maximum atomic E-state index is 11.4. The molecule has 0 aromatic carbocycles. The van der Waals surface area contributed by atoms with Crippen LogP contribution in [0.1, 0.15) is 41.0 Å². The van der Waals surface area contributed by atoms with Crippen molar-refractivity contribution in [1.82, 2.24) is 5.32 Å². The van der Waals surface area contributed by atoms with E-state index in [4.69, 9.17) is 9.84 Å². The fourth-order valence-corrected chi connectivity index (χ4v) is 0.979. The predicted molar refractivity (Wildman–Crippen MR) is 64.7 cm³/mol. The second kappa shape index (κ2) is 6.00. The molecule has 0 fully saturated rings. The monoisotopic (exact) mass is 245 g/mol. The number of aliphatic carboxylic acids is 1. The second-order valence-electron chi connectivity index (χ2n) is 5.40. The Morgan fingerprint density at radius 3 is 2.12 bits per heavy atom. The number of amides is 1. The van der Waals surface area contributed by atoms with Crippen molar-refractivity contribution in [1.29, 1.82) is 0 Å². The Morgan fingerprint density at radius 2 is 1.76 bits per heavy atom. The summed E-state index contributed by atoms with van der Waals surface area (Å²) in [6.07, 6.45) is 0.461. The molecule has 1 unspecified atom stereocenters. The van der Waals surface area contributed by atoms with Gasteiger partial charge in [0.1, 0.15) is 6.61 Å². The van der Waals surface area contributed by atoms with Crippen molar-refractivity contribution in [3.63, 3.8) is 0 Å². The molecule has 5 nitrogen and oxygen atoms in total. The molecule has 1 atom stereocenters. The Hall–Kier alpha value is -1.10. The lowest BCUT2D eigenvalue weighted by Crippen LogP contribution is -2.42. The highest BCUT2D eigenvalue weighted by atomic mass is 16.5. The van der Waals surface area contributed by atoms with Crippen molar-refractivity contribution in [2.24, 2.45) is 5.41 Å². The van der Waals surface area contributed by atoms with Gasteiger partial charge in [0.2, 0.25) is 5.91 Å². The van der Waals surface area contributed by atoms with Crippen LogP contribution in [0.2, 0.25) is 0 Å². The van der Waals surface area contributed by atoms with Gasteiger partial charge in [0, 0.05) is 6.54 Å². The molecule has 0 saturated heterocycles. The summed E-state index contributed by atoms with van der Waals surface area (Å²) < 4.78 is 5.29. The summed E-state index contributed by atoms with van der Waals surface area (Å²) in [5, 5.41) is 11.6. The fraction of sp³-hybridized carbons (Fsp3) is 0.833. The zero-order chi connectivity index (χ0) is 13.7. The quantitative estimate of drug-likeness (QED) is 0.742. The molecule has 0 heterocycles. The zero-order valence-electron chi connectivity index (χ0n) is 11.3. The first-order valence-corrected chi connectivity index (χ1v) is 5.75. The standard InChI is InChI=1S/C12H23NO4/c1-6-12(5,10(15)16)8-13-9(14)7-17-11(2,3)4/h6-8H2,1-5H3,(H,13,14)(H,15,16). The molecule has 100 valence electrons. The molecule has 0 aromatic heterocycles. The predicted octanol–water partition coefficient (Wildman–Crippen LogP) is 1.42. The van der Waals surface area contributed by atoms with Gasteiger partial charge in [-0.05, 0) is 34.1 Å². The number of carboxylic acid groups (broad SMARTS) is 1. The summed E-state index contributed by atoms with van der Waals surface area (Å²) in [6, 6.07) is 0. The first-order valence-electron chi connectivity index (χ1n) is 5.75. The van der Waals surface area contributed by atoms with E-state index in [0.29, 0.717) is 6.42 Å². The SMILES string of the molecule is CCC(C)(CNC(=O)COC(C)(C)C)C(=O)O. The summed E-state index contributed by atoms with van der Waals surface area (Å²) in [5.41, 5.74) is -1.30. The molecule has 0 aliphatic heterocycles. The van der Waals surface area contributed by atoms with E-state index in [0.717, 1.165) is 0 Å². The van der Waals surface area contributed by atoms with Gasteiger partial charge >= 0.3 is 5.97 Å². The molecule has 0 aromatic rings. The largest absolute Gasteiger partial charge is 0.481 e. The van der Waals surface area contributed by atoms with Crippen molar-refractivity contribution in [3.8, 4) is 0 Å². The van der Waals surface area contributed by atoms with Crippen LogP contribution in [-0.4, -0.2) is 35.7 Å². The van der Waals surface area contributed by atoms with Gasteiger partial charge in [0.15, 0.2) is 0 Å². The topological polar surface area (TPSA) is 75.6 Å². The Kier molecular flexibility index (Phi) is 5.61. The normalized spacial score (nSPS) is 15.1. The van der Waals surface area contributed by atoms with Crippen LogP contribution < -0.4 is 5.32 Å². The van der Waals surface area contributed by atoms with Crippen LogP contribution in [0.25, 0.3) is 0 Å². The number of ether oxygens (including phenoxy) is 1. The van der Waals surface area contributed by atoms with Gasteiger partial charge in [-0.25, -0.2) is 0 Å². The summed E-state index contributed by atoms with van der Waals surface area (Å²) in [5.74, 6) is -1.20. The molecule has 2 N–H and O–H groups in total. The van der Waals surface area contributed by atoms with E-state index >= 15 is 0 Å². The Balaban J connectivity index is 4.11. The van der Waals surface area contributed by atoms with E-state index in [1.165, 1.54) is 0 Å². The molecule has 17 heavy (non-hydrogen) atoms. The maximum Gasteiger partial charge on any atom is 0.311 e. The van der Waals surface area contributed by atoms with Crippen molar-refractivity contribution >= 4 is 11.9 Å². The van der Waals surface area contributed by atoms with Crippen LogP contribution in [0.4, 0.5) is 0 Å². The minimum absolute atomic E-state index is 0.0527. The van der Waals surface area contributed by atoms with Crippen molar-refractivity contribution in [2.75, 3.05) is 13.2 Å². The minimum Gasteiger partial charge on any atom is -0.481 e. The van der Waals surface area contributed by atoms with Crippen LogP contribution in [0.15, 0.2) is 0 Å². The summed E-state index contributed by atoms with van der Waals surface area (Å²) in [7, 11) is 0. The van der Waals surface area contributed by atoms with Gasteiger partial charge < -0.3 is 15.2 Å². The Morgan fingerprint density at radius 1 is 1.24 bits per heavy atom. The third-order valence-corrected chi connectivity index (χ3v) is 2.61. The highest BCUT2D eigenvalue weighted by molar-refractivity contribution is 5.79. The average Bonchev–Trinajstić information content (AvgIpc) is 2.21. The van der Waals surface area contributed by atoms with Gasteiger partial charge in [0.25, 0.3) is 0 Å².